The Morgan fingerprint density at radius 3 is 2.96 bits per heavy atom. The van der Waals surface area contributed by atoms with Gasteiger partial charge in [-0.2, -0.15) is 5.10 Å². The third kappa shape index (κ3) is 3.07. The fraction of sp³-hybridized carbons (Fsp3) is 0.350. The van der Waals surface area contributed by atoms with Crippen molar-refractivity contribution >= 4 is 11.6 Å². The highest BCUT2D eigenvalue weighted by Gasteiger charge is 2.30. The highest BCUT2D eigenvalue weighted by atomic mass is 19.1. The number of piperidine rings is 1. The fourth-order valence-corrected chi connectivity index (χ4v) is 3.72. The van der Waals surface area contributed by atoms with Gasteiger partial charge in [-0.25, -0.2) is 13.9 Å². The molecule has 1 atom stereocenters. The zero-order valence-electron chi connectivity index (χ0n) is 14.7. The highest BCUT2D eigenvalue weighted by Crippen LogP contribution is 2.31. The minimum Gasteiger partial charge on any atom is -0.334 e. The summed E-state index contributed by atoms with van der Waals surface area (Å²) in [5.74, 6) is -0.378. The van der Waals surface area contributed by atoms with Crippen LogP contribution in [0.25, 0.3) is 5.65 Å². The molecule has 0 radical (unpaired) electrons. The SMILES string of the molecule is Cc1cc2nccc([C@@H]3CCCCN3C(=O)Cc3ccccc3F)n2n1. The van der Waals surface area contributed by atoms with Crippen LogP contribution in [0.5, 0.6) is 0 Å². The first-order valence-electron chi connectivity index (χ1n) is 8.97. The molecule has 5 nitrogen and oxygen atoms in total. The van der Waals surface area contributed by atoms with Gasteiger partial charge in [0.1, 0.15) is 5.82 Å². The van der Waals surface area contributed by atoms with Gasteiger partial charge in [-0.15, -0.1) is 0 Å². The summed E-state index contributed by atoms with van der Waals surface area (Å²) in [5, 5.41) is 4.54. The number of hydrogen-bond acceptors (Lipinski definition) is 3. The van der Waals surface area contributed by atoms with E-state index in [1.807, 2.05) is 28.5 Å². The Hall–Kier alpha value is -2.76. The number of nitrogens with zero attached hydrogens (tertiary/aromatic N) is 4. The topological polar surface area (TPSA) is 50.5 Å². The summed E-state index contributed by atoms with van der Waals surface area (Å²) in [7, 11) is 0. The van der Waals surface area contributed by atoms with Crippen LogP contribution in [-0.2, 0) is 11.2 Å². The van der Waals surface area contributed by atoms with Gasteiger partial charge in [0.05, 0.1) is 23.9 Å². The molecule has 1 saturated heterocycles. The number of hydrogen-bond donors (Lipinski definition) is 0. The lowest BCUT2D eigenvalue weighted by Crippen LogP contribution is -2.40. The monoisotopic (exact) mass is 352 g/mol. The van der Waals surface area contributed by atoms with Gasteiger partial charge in [0.15, 0.2) is 5.65 Å². The van der Waals surface area contributed by atoms with Crippen molar-refractivity contribution in [1.29, 1.82) is 0 Å². The minimum atomic E-state index is -0.330. The Morgan fingerprint density at radius 1 is 1.27 bits per heavy atom. The first-order chi connectivity index (χ1) is 12.6. The molecule has 134 valence electrons. The molecule has 3 aromatic rings. The molecule has 1 fully saturated rings. The number of likely N-dealkylation sites (tertiary alicyclic amines) is 1. The molecular formula is C20H21FN4O. The van der Waals surface area contributed by atoms with Crippen molar-refractivity contribution in [2.45, 2.75) is 38.6 Å². The number of halogens is 1. The van der Waals surface area contributed by atoms with E-state index in [1.54, 1.807) is 24.4 Å². The van der Waals surface area contributed by atoms with E-state index in [4.69, 9.17) is 0 Å². The van der Waals surface area contributed by atoms with Crippen molar-refractivity contribution in [3.8, 4) is 0 Å². The van der Waals surface area contributed by atoms with E-state index in [0.717, 1.165) is 36.3 Å². The lowest BCUT2D eigenvalue weighted by atomic mass is 9.97. The second-order valence-corrected chi connectivity index (χ2v) is 6.79. The van der Waals surface area contributed by atoms with E-state index in [9.17, 15) is 9.18 Å². The smallest absolute Gasteiger partial charge is 0.227 e. The average Bonchev–Trinajstić information content (AvgIpc) is 3.03. The van der Waals surface area contributed by atoms with Crippen LogP contribution < -0.4 is 0 Å². The molecule has 0 saturated carbocycles. The van der Waals surface area contributed by atoms with E-state index < -0.39 is 0 Å². The predicted octanol–water partition coefficient (Wildman–Crippen LogP) is 3.47. The van der Waals surface area contributed by atoms with Crippen LogP contribution in [0.15, 0.2) is 42.6 Å². The van der Waals surface area contributed by atoms with Gasteiger partial charge in [0, 0.05) is 18.8 Å². The Labute approximate surface area is 151 Å². The van der Waals surface area contributed by atoms with Crippen LogP contribution in [0.1, 0.15) is 42.3 Å². The van der Waals surface area contributed by atoms with Crippen LogP contribution in [-0.4, -0.2) is 31.9 Å². The number of aromatic nitrogens is 3. The molecule has 1 amide bonds. The quantitative estimate of drug-likeness (QED) is 0.725. The van der Waals surface area contributed by atoms with Gasteiger partial charge in [-0.3, -0.25) is 4.79 Å². The van der Waals surface area contributed by atoms with Crippen LogP contribution in [0, 0.1) is 12.7 Å². The van der Waals surface area contributed by atoms with Crippen molar-refractivity contribution in [3.05, 3.63) is 65.4 Å². The predicted molar refractivity (Wildman–Crippen MR) is 96.1 cm³/mol. The molecule has 1 aliphatic heterocycles. The average molecular weight is 352 g/mol. The maximum absolute atomic E-state index is 14.0. The molecule has 0 N–H and O–H groups in total. The molecular weight excluding hydrogens is 331 g/mol. The zero-order valence-corrected chi connectivity index (χ0v) is 14.7. The molecule has 6 heteroatoms. The maximum atomic E-state index is 14.0. The molecule has 1 aromatic carbocycles. The van der Waals surface area contributed by atoms with E-state index in [2.05, 4.69) is 10.1 Å². The fourth-order valence-electron chi connectivity index (χ4n) is 3.72. The van der Waals surface area contributed by atoms with Crippen LogP contribution in [0.2, 0.25) is 0 Å². The van der Waals surface area contributed by atoms with Crippen molar-refractivity contribution in [2.24, 2.45) is 0 Å². The molecule has 0 spiro atoms. The highest BCUT2D eigenvalue weighted by molar-refractivity contribution is 5.79. The van der Waals surface area contributed by atoms with Crippen molar-refractivity contribution in [3.63, 3.8) is 0 Å². The van der Waals surface area contributed by atoms with E-state index in [-0.39, 0.29) is 24.2 Å². The first-order valence-corrected chi connectivity index (χ1v) is 8.97. The first kappa shape index (κ1) is 16.7. The number of carbonyl (C=O) groups excluding carboxylic acids is 1. The van der Waals surface area contributed by atoms with E-state index in [0.29, 0.717) is 12.1 Å². The summed E-state index contributed by atoms with van der Waals surface area (Å²) in [6, 6.07) is 10.3. The second-order valence-electron chi connectivity index (χ2n) is 6.79. The molecule has 1 aliphatic rings. The molecule has 26 heavy (non-hydrogen) atoms. The van der Waals surface area contributed by atoms with Crippen molar-refractivity contribution in [2.75, 3.05) is 6.54 Å². The van der Waals surface area contributed by atoms with Crippen LogP contribution in [0.4, 0.5) is 4.39 Å². The molecule has 4 rings (SSSR count). The zero-order chi connectivity index (χ0) is 18.1. The minimum absolute atomic E-state index is 0.0476. The summed E-state index contributed by atoms with van der Waals surface area (Å²) < 4.78 is 15.8. The van der Waals surface area contributed by atoms with Gasteiger partial charge in [0.2, 0.25) is 5.91 Å². The Morgan fingerprint density at radius 2 is 2.12 bits per heavy atom. The summed E-state index contributed by atoms with van der Waals surface area (Å²) in [6.07, 6.45) is 4.74. The number of benzene rings is 1. The molecule has 0 aliphatic carbocycles. The van der Waals surface area contributed by atoms with Gasteiger partial charge in [-0.05, 0) is 43.9 Å². The Bertz CT molecular complexity index is 952. The van der Waals surface area contributed by atoms with E-state index >= 15 is 0 Å². The molecule has 0 bridgehead atoms. The van der Waals surface area contributed by atoms with Crippen molar-refractivity contribution in [1.82, 2.24) is 19.5 Å². The lowest BCUT2D eigenvalue weighted by Gasteiger charge is -2.36. The maximum Gasteiger partial charge on any atom is 0.227 e. The molecule has 3 heterocycles. The van der Waals surface area contributed by atoms with E-state index in [1.165, 1.54) is 6.07 Å². The number of rotatable bonds is 3. The van der Waals surface area contributed by atoms with Gasteiger partial charge >= 0.3 is 0 Å². The largest absolute Gasteiger partial charge is 0.334 e. The summed E-state index contributed by atoms with van der Waals surface area (Å²) in [6.45, 7) is 2.61. The summed E-state index contributed by atoms with van der Waals surface area (Å²) in [5.41, 5.74) is 3.08. The number of aryl methyl sites for hydroxylation is 1. The number of fused-ring (bicyclic) bond motifs is 1. The lowest BCUT2D eigenvalue weighted by molar-refractivity contribution is -0.134. The Balaban J connectivity index is 1.66. The van der Waals surface area contributed by atoms with Crippen LogP contribution >= 0.6 is 0 Å². The normalized spacial score (nSPS) is 17.6. The van der Waals surface area contributed by atoms with Crippen LogP contribution in [0.3, 0.4) is 0 Å². The third-order valence-corrected chi connectivity index (χ3v) is 4.97. The summed E-state index contributed by atoms with van der Waals surface area (Å²) >= 11 is 0. The molecule has 0 unspecified atom stereocenters. The number of carbonyl (C=O) groups is 1. The number of amides is 1. The van der Waals surface area contributed by atoms with Gasteiger partial charge in [0.25, 0.3) is 0 Å². The van der Waals surface area contributed by atoms with Gasteiger partial charge in [-0.1, -0.05) is 18.2 Å². The summed E-state index contributed by atoms with van der Waals surface area (Å²) in [4.78, 5) is 19.2. The Kier molecular flexibility index (Phi) is 4.41. The second kappa shape index (κ2) is 6.86. The third-order valence-electron chi connectivity index (χ3n) is 4.97. The van der Waals surface area contributed by atoms with Gasteiger partial charge < -0.3 is 4.90 Å². The molecule has 2 aromatic heterocycles. The standard InChI is InChI=1S/C20H21FN4O/c1-14-12-19-22-10-9-18(25(19)23-14)17-8-4-5-11-24(17)20(26)13-15-6-2-3-7-16(15)21/h2-3,6-7,9-10,12,17H,4-5,8,11,13H2,1H3/t17-/m0/s1. The van der Waals surface area contributed by atoms with Crippen molar-refractivity contribution < 1.29 is 9.18 Å².